The molecule has 1 fully saturated rings. The molecule has 0 aromatic carbocycles. The first-order valence-electron chi connectivity index (χ1n) is 5.96. The van der Waals surface area contributed by atoms with Gasteiger partial charge in [-0.05, 0) is 33.6 Å². The van der Waals surface area contributed by atoms with Crippen molar-refractivity contribution in [2.75, 3.05) is 25.1 Å². The Bertz CT molecular complexity index is 178. The smallest absolute Gasteiger partial charge is 0.130 e. The van der Waals surface area contributed by atoms with Gasteiger partial charge in [0.05, 0.1) is 30.9 Å². The number of hydrogen-bond donors (Lipinski definition) is 0. The van der Waals surface area contributed by atoms with E-state index in [1.165, 1.54) is 43.5 Å². The van der Waals surface area contributed by atoms with Crippen LogP contribution in [-0.2, 0) is 4.74 Å². The summed E-state index contributed by atoms with van der Waals surface area (Å²) in [6, 6.07) is 0. The molecular weight excluding hydrogens is 191 g/mol. The Morgan fingerprint density at radius 2 is 1.79 bits per heavy atom. The van der Waals surface area contributed by atoms with Gasteiger partial charge in [-0.25, -0.2) is 0 Å². The van der Waals surface area contributed by atoms with Crippen LogP contribution in [0.4, 0.5) is 0 Å². The molecule has 0 unspecified atom stereocenters. The van der Waals surface area contributed by atoms with E-state index >= 15 is 0 Å². The number of rotatable bonds is 4. The Kier molecular flexibility index (Phi) is 4.95. The molecule has 82 valence electrons. The van der Waals surface area contributed by atoms with Crippen LogP contribution < -0.4 is 0 Å². The van der Waals surface area contributed by atoms with E-state index in [0.717, 1.165) is 6.61 Å². The van der Waals surface area contributed by atoms with Gasteiger partial charge in [-0.2, -0.15) is 0 Å². The molecular formula is C12H24OP+. The Balaban J connectivity index is 2.68. The Labute approximate surface area is 89.3 Å². The minimum Gasteiger partial charge on any atom is -0.494 e. The predicted molar refractivity (Wildman–Crippen MR) is 66.4 cm³/mol. The van der Waals surface area contributed by atoms with Crippen LogP contribution in [0.15, 0.2) is 11.6 Å². The van der Waals surface area contributed by atoms with Crippen molar-refractivity contribution in [3.05, 3.63) is 11.6 Å². The van der Waals surface area contributed by atoms with E-state index in [0.29, 0.717) is 0 Å². The molecule has 2 heteroatoms. The molecule has 0 radical (unpaired) electrons. The maximum Gasteiger partial charge on any atom is 0.130 e. The monoisotopic (exact) mass is 215 g/mol. The molecule has 0 N–H and O–H groups in total. The first kappa shape index (κ1) is 12.0. The summed E-state index contributed by atoms with van der Waals surface area (Å²) in [4.78, 5) is 0. The first-order chi connectivity index (χ1) is 6.76. The molecule has 0 atom stereocenters. The molecule has 0 saturated carbocycles. The normalized spacial score (nSPS) is 20.9. The fourth-order valence-corrected chi connectivity index (χ4v) is 4.73. The fraction of sp³-hybridized carbons (Fsp3) is 0.833. The van der Waals surface area contributed by atoms with E-state index in [2.05, 4.69) is 26.6 Å². The third-order valence-corrected chi connectivity index (χ3v) is 8.03. The van der Waals surface area contributed by atoms with Crippen LogP contribution in [0.1, 0.15) is 40.0 Å². The van der Waals surface area contributed by atoms with Gasteiger partial charge < -0.3 is 4.74 Å². The van der Waals surface area contributed by atoms with E-state index in [-0.39, 0.29) is 0 Å². The lowest BCUT2D eigenvalue weighted by Gasteiger charge is -2.22. The number of allylic oxidation sites excluding steroid dienone is 1. The maximum absolute atomic E-state index is 5.73. The van der Waals surface area contributed by atoms with Crippen LogP contribution in [0.25, 0.3) is 0 Å². The molecule has 14 heavy (non-hydrogen) atoms. The zero-order chi connectivity index (χ0) is 10.4. The standard InChI is InChI=1S/C12H24OP/c1-4-14(5-2,6-3)11-12-9-7-8-10-13-12/h11H,4-10H2,1-3H3/q+1/b12-11-. The summed E-state index contributed by atoms with van der Waals surface area (Å²) in [6.07, 6.45) is 7.77. The van der Waals surface area contributed by atoms with Gasteiger partial charge in [0.2, 0.25) is 0 Å². The number of hydrogen-bond acceptors (Lipinski definition) is 1. The van der Waals surface area contributed by atoms with Gasteiger partial charge in [0.15, 0.2) is 0 Å². The zero-order valence-corrected chi connectivity index (χ0v) is 10.8. The van der Waals surface area contributed by atoms with Gasteiger partial charge in [-0.1, -0.05) is 0 Å². The van der Waals surface area contributed by atoms with Gasteiger partial charge >= 0.3 is 0 Å². The first-order valence-corrected chi connectivity index (χ1v) is 8.38. The maximum atomic E-state index is 5.73. The van der Waals surface area contributed by atoms with Crippen molar-refractivity contribution in [2.45, 2.75) is 40.0 Å². The number of ether oxygens (including phenoxy) is 1. The lowest BCUT2D eigenvalue weighted by molar-refractivity contribution is 0.167. The summed E-state index contributed by atoms with van der Waals surface area (Å²) in [7, 11) is -0.794. The molecule has 0 aromatic rings. The second-order valence-electron chi connectivity index (χ2n) is 4.07. The molecule has 0 aromatic heterocycles. The van der Waals surface area contributed by atoms with Crippen molar-refractivity contribution in [3.63, 3.8) is 0 Å². The third kappa shape index (κ3) is 2.98. The van der Waals surface area contributed by atoms with Crippen molar-refractivity contribution < 1.29 is 4.74 Å². The van der Waals surface area contributed by atoms with E-state index in [1.54, 1.807) is 0 Å². The Morgan fingerprint density at radius 3 is 2.21 bits per heavy atom. The highest BCUT2D eigenvalue weighted by molar-refractivity contribution is 7.78. The highest BCUT2D eigenvalue weighted by Crippen LogP contribution is 2.60. The van der Waals surface area contributed by atoms with Crippen molar-refractivity contribution in [2.24, 2.45) is 0 Å². The van der Waals surface area contributed by atoms with Crippen LogP contribution in [0.2, 0.25) is 0 Å². The highest BCUT2D eigenvalue weighted by Gasteiger charge is 2.30. The zero-order valence-electron chi connectivity index (χ0n) is 9.88. The molecule has 0 bridgehead atoms. The van der Waals surface area contributed by atoms with E-state index in [9.17, 15) is 0 Å². The lowest BCUT2D eigenvalue weighted by atomic mass is 10.2. The van der Waals surface area contributed by atoms with Gasteiger partial charge in [0, 0.05) is 13.7 Å². The predicted octanol–water partition coefficient (Wildman–Crippen LogP) is 4.11. The van der Waals surface area contributed by atoms with Crippen LogP contribution in [0, 0.1) is 0 Å². The highest BCUT2D eigenvalue weighted by atomic mass is 31.2. The minimum absolute atomic E-state index is 0.794. The van der Waals surface area contributed by atoms with E-state index in [1.807, 2.05) is 0 Å². The second kappa shape index (κ2) is 5.75. The average molecular weight is 215 g/mol. The summed E-state index contributed by atoms with van der Waals surface area (Å²) in [6.45, 7) is 7.95. The molecule has 0 spiro atoms. The second-order valence-corrected chi connectivity index (χ2v) is 8.66. The summed E-state index contributed by atoms with van der Waals surface area (Å²) in [5.74, 6) is 3.82. The van der Waals surface area contributed by atoms with Crippen molar-refractivity contribution in [1.82, 2.24) is 0 Å². The topological polar surface area (TPSA) is 9.23 Å². The summed E-state index contributed by atoms with van der Waals surface area (Å²) in [5.41, 5.74) is 0. The van der Waals surface area contributed by atoms with Gasteiger partial charge in [-0.3, -0.25) is 0 Å². The van der Waals surface area contributed by atoms with Crippen LogP contribution in [-0.4, -0.2) is 25.1 Å². The molecule has 1 aliphatic heterocycles. The van der Waals surface area contributed by atoms with E-state index < -0.39 is 7.26 Å². The third-order valence-electron chi connectivity index (χ3n) is 3.41. The summed E-state index contributed by atoms with van der Waals surface area (Å²) in [5, 5.41) is 0. The Morgan fingerprint density at radius 1 is 1.14 bits per heavy atom. The Hall–Kier alpha value is -0.0300. The SMILES string of the molecule is CC[P+](/C=C1/CCCCO1)(CC)CC. The molecule has 0 amide bonds. The van der Waals surface area contributed by atoms with Crippen LogP contribution >= 0.6 is 7.26 Å². The van der Waals surface area contributed by atoms with Crippen LogP contribution in [0.3, 0.4) is 0 Å². The fourth-order valence-electron chi connectivity index (χ4n) is 2.03. The van der Waals surface area contributed by atoms with Crippen molar-refractivity contribution >= 4 is 7.26 Å². The summed E-state index contributed by atoms with van der Waals surface area (Å²) >= 11 is 0. The van der Waals surface area contributed by atoms with Crippen molar-refractivity contribution in [1.29, 1.82) is 0 Å². The van der Waals surface area contributed by atoms with Gasteiger partial charge in [-0.15, -0.1) is 0 Å². The summed E-state index contributed by atoms with van der Waals surface area (Å²) < 4.78 is 5.73. The van der Waals surface area contributed by atoms with Gasteiger partial charge in [0.25, 0.3) is 0 Å². The lowest BCUT2D eigenvalue weighted by Crippen LogP contribution is -2.06. The van der Waals surface area contributed by atoms with Crippen LogP contribution in [0.5, 0.6) is 0 Å². The molecule has 1 rings (SSSR count). The molecule has 1 aliphatic rings. The van der Waals surface area contributed by atoms with E-state index in [4.69, 9.17) is 4.74 Å². The average Bonchev–Trinajstić information content (AvgIpc) is 2.28. The quantitative estimate of drug-likeness (QED) is 0.641. The molecule has 1 nitrogen and oxygen atoms in total. The molecule has 0 aliphatic carbocycles. The van der Waals surface area contributed by atoms with Crippen molar-refractivity contribution in [3.8, 4) is 0 Å². The molecule has 1 saturated heterocycles. The minimum atomic E-state index is -0.794. The largest absolute Gasteiger partial charge is 0.494 e. The molecule has 1 heterocycles. The van der Waals surface area contributed by atoms with Gasteiger partial charge in [0.1, 0.15) is 5.76 Å².